The summed E-state index contributed by atoms with van der Waals surface area (Å²) in [5, 5.41) is 7.75. The lowest BCUT2D eigenvalue weighted by Crippen LogP contribution is -2.39. The van der Waals surface area contributed by atoms with Crippen LogP contribution in [0.25, 0.3) is 10.9 Å². The first kappa shape index (κ1) is 17.8. The van der Waals surface area contributed by atoms with Crippen molar-refractivity contribution in [1.82, 2.24) is 20.5 Å². The van der Waals surface area contributed by atoms with E-state index in [1.165, 1.54) is 22.0 Å². The van der Waals surface area contributed by atoms with E-state index in [9.17, 15) is 4.79 Å². The van der Waals surface area contributed by atoms with Crippen molar-refractivity contribution < 1.29 is 4.79 Å². The number of rotatable bonds is 6. The topological polar surface area (TPSA) is 72.5 Å². The molecule has 0 bridgehead atoms. The van der Waals surface area contributed by atoms with Gasteiger partial charge in [0.2, 0.25) is 5.91 Å². The summed E-state index contributed by atoms with van der Waals surface area (Å²) in [5.41, 5.74) is 3.74. The van der Waals surface area contributed by atoms with Crippen LogP contribution >= 0.6 is 0 Å². The molecule has 6 heteroatoms. The molecular formula is C18H27N5O. The monoisotopic (exact) mass is 329 g/mol. The van der Waals surface area contributed by atoms with Gasteiger partial charge in [-0.25, -0.2) is 4.99 Å². The molecule has 1 amide bonds. The lowest BCUT2D eigenvalue weighted by Gasteiger charge is -2.12. The van der Waals surface area contributed by atoms with Crippen molar-refractivity contribution in [2.24, 2.45) is 4.99 Å². The Hall–Kier alpha value is -2.50. The number of nitrogens with zero attached hydrogens (tertiary/aromatic N) is 2. The fourth-order valence-electron chi connectivity index (χ4n) is 2.59. The molecule has 0 spiro atoms. The third kappa shape index (κ3) is 4.50. The van der Waals surface area contributed by atoms with E-state index in [2.05, 4.69) is 51.9 Å². The predicted octanol–water partition coefficient (Wildman–Crippen LogP) is 1.66. The minimum Gasteiger partial charge on any atom is -0.361 e. The second-order valence-corrected chi connectivity index (χ2v) is 5.97. The lowest BCUT2D eigenvalue weighted by molar-refractivity contribution is -0.127. The number of hydrogen-bond donors (Lipinski definition) is 3. The lowest BCUT2D eigenvalue weighted by atomic mass is 10.1. The van der Waals surface area contributed by atoms with Crippen LogP contribution in [0, 0.1) is 6.92 Å². The fourth-order valence-corrected chi connectivity index (χ4v) is 2.59. The fraction of sp³-hybridized carbons (Fsp3) is 0.444. The van der Waals surface area contributed by atoms with E-state index in [0.29, 0.717) is 5.96 Å². The zero-order chi connectivity index (χ0) is 17.5. The molecule has 1 aromatic carbocycles. The quantitative estimate of drug-likeness (QED) is 0.557. The zero-order valence-electron chi connectivity index (χ0n) is 14.9. The van der Waals surface area contributed by atoms with Crippen molar-refractivity contribution >= 4 is 22.8 Å². The van der Waals surface area contributed by atoms with Crippen LogP contribution in [-0.2, 0) is 11.2 Å². The summed E-state index contributed by atoms with van der Waals surface area (Å²) >= 11 is 0. The second kappa shape index (κ2) is 8.38. The molecular weight excluding hydrogens is 302 g/mol. The predicted molar refractivity (Wildman–Crippen MR) is 99.4 cm³/mol. The van der Waals surface area contributed by atoms with Crippen LogP contribution in [0.15, 0.2) is 29.4 Å². The van der Waals surface area contributed by atoms with Crippen molar-refractivity contribution in [3.05, 3.63) is 35.5 Å². The van der Waals surface area contributed by atoms with Gasteiger partial charge in [0.15, 0.2) is 5.96 Å². The third-order valence-electron chi connectivity index (χ3n) is 3.90. The molecule has 0 aliphatic carbocycles. The molecule has 3 N–H and O–H groups in total. The van der Waals surface area contributed by atoms with E-state index in [1.807, 2.05) is 6.92 Å². The summed E-state index contributed by atoms with van der Waals surface area (Å²) in [7, 11) is 3.47. The van der Waals surface area contributed by atoms with Crippen LogP contribution in [0.4, 0.5) is 0 Å². The van der Waals surface area contributed by atoms with E-state index in [0.717, 1.165) is 19.5 Å². The summed E-state index contributed by atoms with van der Waals surface area (Å²) < 4.78 is 0. The van der Waals surface area contributed by atoms with Crippen molar-refractivity contribution in [3.63, 3.8) is 0 Å². The average Bonchev–Trinajstić information content (AvgIpc) is 2.96. The number of hydrogen-bond acceptors (Lipinski definition) is 2. The standard InChI is InChI=1S/C18H27N5O/c1-5-19-18(22-12-16(24)23(3)4)20-10-9-14-11-21-15-8-6-7-13(2)17(14)15/h6-8,11,21H,5,9-10,12H2,1-4H3,(H2,19,20,22). The molecule has 130 valence electrons. The maximum atomic E-state index is 11.7. The molecule has 0 radical (unpaired) electrons. The van der Waals surface area contributed by atoms with Gasteiger partial charge in [-0.05, 0) is 37.5 Å². The zero-order valence-corrected chi connectivity index (χ0v) is 14.9. The van der Waals surface area contributed by atoms with Crippen molar-refractivity contribution in [2.75, 3.05) is 33.7 Å². The minimum absolute atomic E-state index is 0.0144. The number of nitrogens with one attached hydrogen (secondary N) is 3. The van der Waals surface area contributed by atoms with Crippen LogP contribution in [0.2, 0.25) is 0 Å². The summed E-state index contributed by atoms with van der Waals surface area (Å²) in [6.45, 7) is 5.80. The van der Waals surface area contributed by atoms with E-state index < -0.39 is 0 Å². The van der Waals surface area contributed by atoms with Crippen molar-refractivity contribution in [2.45, 2.75) is 20.3 Å². The van der Waals surface area contributed by atoms with E-state index in [-0.39, 0.29) is 12.5 Å². The van der Waals surface area contributed by atoms with Gasteiger partial charge in [-0.15, -0.1) is 0 Å². The summed E-state index contributed by atoms with van der Waals surface area (Å²) in [5.74, 6) is 0.656. The number of H-pyrrole nitrogens is 1. The molecule has 1 aromatic heterocycles. The summed E-state index contributed by atoms with van der Waals surface area (Å²) in [6, 6.07) is 6.29. The Kier molecular flexibility index (Phi) is 6.23. The highest BCUT2D eigenvalue weighted by Crippen LogP contribution is 2.22. The summed E-state index contributed by atoms with van der Waals surface area (Å²) in [6.07, 6.45) is 2.95. The molecule has 2 rings (SSSR count). The number of aromatic amines is 1. The van der Waals surface area contributed by atoms with E-state index in [1.54, 1.807) is 19.0 Å². The smallest absolute Gasteiger partial charge is 0.243 e. The molecule has 0 unspecified atom stereocenters. The minimum atomic E-state index is -0.0144. The van der Waals surface area contributed by atoms with Crippen LogP contribution in [0.3, 0.4) is 0 Å². The van der Waals surface area contributed by atoms with Gasteiger partial charge in [0, 0.05) is 44.3 Å². The SMILES string of the molecule is CCNC(=NCC(=O)N(C)C)NCCc1c[nH]c2cccc(C)c12. The number of likely N-dealkylation sites (N-methyl/N-ethyl adjacent to an activating group) is 1. The Balaban J connectivity index is 1.97. The molecule has 0 aliphatic rings. The number of aryl methyl sites for hydroxylation is 1. The Morgan fingerprint density at radius 2 is 2.08 bits per heavy atom. The number of benzene rings is 1. The first-order valence-electron chi connectivity index (χ1n) is 8.30. The number of fused-ring (bicyclic) bond motifs is 1. The third-order valence-corrected chi connectivity index (χ3v) is 3.90. The normalized spacial score (nSPS) is 11.6. The number of aromatic nitrogens is 1. The summed E-state index contributed by atoms with van der Waals surface area (Å²) in [4.78, 5) is 20.8. The van der Waals surface area contributed by atoms with Gasteiger partial charge in [0.25, 0.3) is 0 Å². The van der Waals surface area contributed by atoms with Crippen LogP contribution in [0.5, 0.6) is 0 Å². The molecule has 24 heavy (non-hydrogen) atoms. The highest BCUT2D eigenvalue weighted by atomic mass is 16.2. The molecule has 0 aliphatic heterocycles. The van der Waals surface area contributed by atoms with Crippen molar-refractivity contribution in [1.29, 1.82) is 0 Å². The molecule has 6 nitrogen and oxygen atoms in total. The van der Waals surface area contributed by atoms with Crippen LogP contribution < -0.4 is 10.6 Å². The molecule has 2 aromatic rings. The Bertz CT molecular complexity index is 717. The highest BCUT2D eigenvalue weighted by molar-refractivity contribution is 5.87. The molecule has 1 heterocycles. The van der Waals surface area contributed by atoms with Gasteiger partial charge in [-0.2, -0.15) is 0 Å². The Morgan fingerprint density at radius 1 is 1.29 bits per heavy atom. The molecule has 0 fully saturated rings. The van der Waals surface area contributed by atoms with E-state index >= 15 is 0 Å². The Labute approximate surface area is 143 Å². The molecule has 0 saturated heterocycles. The first-order chi connectivity index (χ1) is 11.5. The number of amides is 1. The van der Waals surface area contributed by atoms with Gasteiger partial charge >= 0.3 is 0 Å². The number of carbonyl (C=O) groups is 1. The number of carbonyl (C=O) groups excluding carboxylic acids is 1. The maximum Gasteiger partial charge on any atom is 0.243 e. The van der Waals surface area contributed by atoms with Gasteiger partial charge < -0.3 is 20.5 Å². The van der Waals surface area contributed by atoms with Gasteiger partial charge in [0.1, 0.15) is 6.54 Å². The van der Waals surface area contributed by atoms with Gasteiger partial charge in [-0.3, -0.25) is 4.79 Å². The van der Waals surface area contributed by atoms with E-state index in [4.69, 9.17) is 0 Å². The molecule has 0 atom stereocenters. The van der Waals surface area contributed by atoms with Crippen LogP contribution in [-0.4, -0.2) is 55.5 Å². The number of guanidine groups is 1. The largest absolute Gasteiger partial charge is 0.361 e. The van der Waals surface area contributed by atoms with Gasteiger partial charge in [-0.1, -0.05) is 12.1 Å². The average molecular weight is 329 g/mol. The highest BCUT2D eigenvalue weighted by Gasteiger charge is 2.07. The Morgan fingerprint density at radius 3 is 2.79 bits per heavy atom. The maximum absolute atomic E-state index is 11.7. The van der Waals surface area contributed by atoms with Gasteiger partial charge in [0.05, 0.1) is 0 Å². The first-order valence-corrected chi connectivity index (χ1v) is 8.30. The van der Waals surface area contributed by atoms with Crippen molar-refractivity contribution in [3.8, 4) is 0 Å². The second-order valence-electron chi connectivity index (χ2n) is 5.97. The van der Waals surface area contributed by atoms with Crippen LogP contribution in [0.1, 0.15) is 18.1 Å². The number of aliphatic imine (C=N–C) groups is 1. The molecule has 0 saturated carbocycles.